The van der Waals surface area contributed by atoms with E-state index in [1.54, 1.807) is 23.0 Å². The summed E-state index contributed by atoms with van der Waals surface area (Å²) in [4.78, 5) is 8.39. The number of ether oxygens (including phenoxy) is 1. The van der Waals surface area contributed by atoms with Gasteiger partial charge in [0.05, 0.1) is 11.3 Å². The summed E-state index contributed by atoms with van der Waals surface area (Å²) in [6, 6.07) is 4.79. The molecule has 0 saturated heterocycles. The van der Waals surface area contributed by atoms with E-state index in [0.717, 1.165) is 12.1 Å². The third-order valence-corrected chi connectivity index (χ3v) is 3.26. The molecule has 0 fully saturated rings. The molecule has 0 aliphatic heterocycles. The maximum Gasteiger partial charge on any atom is 0.416 e. The maximum atomic E-state index is 12.5. The zero-order chi connectivity index (χ0) is 16.4. The highest BCUT2D eigenvalue weighted by atomic mass is 19.4. The molecule has 0 atom stereocenters. The van der Waals surface area contributed by atoms with E-state index in [-0.39, 0.29) is 19.0 Å². The first-order valence-electron chi connectivity index (χ1n) is 6.79. The molecule has 0 aliphatic carbocycles. The minimum absolute atomic E-state index is 0.0850. The van der Waals surface area contributed by atoms with Crippen molar-refractivity contribution in [3.63, 3.8) is 0 Å². The predicted molar refractivity (Wildman–Crippen MR) is 76.7 cm³/mol. The van der Waals surface area contributed by atoms with Gasteiger partial charge in [-0.3, -0.25) is 0 Å². The molecule has 0 aliphatic rings. The van der Waals surface area contributed by atoms with Crippen LogP contribution in [0.4, 0.5) is 13.2 Å². The van der Waals surface area contributed by atoms with Crippen LogP contribution in [0.2, 0.25) is 0 Å². The maximum absolute atomic E-state index is 12.5. The summed E-state index contributed by atoms with van der Waals surface area (Å²) in [6.07, 6.45) is 0.731. The average Bonchev–Trinajstić information content (AvgIpc) is 3.00. The van der Waals surface area contributed by atoms with Crippen molar-refractivity contribution in [1.82, 2.24) is 14.4 Å². The Hall–Kier alpha value is -2.61. The van der Waals surface area contributed by atoms with Gasteiger partial charge in [0.15, 0.2) is 5.65 Å². The molecule has 3 rings (SSSR count). The van der Waals surface area contributed by atoms with Gasteiger partial charge >= 0.3 is 6.18 Å². The number of alkyl halides is 3. The number of halogens is 3. The molecule has 0 spiro atoms. The number of hydrogen-bond donors (Lipinski definition) is 1. The number of aromatic nitrogens is 3. The molecule has 1 aromatic carbocycles. The Kier molecular flexibility index (Phi) is 3.91. The lowest BCUT2D eigenvalue weighted by Crippen LogP contribution is -2.07. The van der Waals surface area contributed by atoms with Gasteiger partial charge in [0, 0.05) is 25.1 Å². The first-order valence-corrected chi connectivity index (χ1v) is 6.79. The molecule has 3 aromatic rings. The van der Waals surface area contributed by atoms with Gasteiger partial charge in [0.2, 0.25) is 0 Å². The van der Waals surface area contributed by atoms with Crippen molar-refractivity contribution in [3.8, 4) is 5.88 Å². The number of nitrogens with two attached hydrogens (primary N) is 1. The van der Waals surface area contributed by atoms with Crippen LogP contribution in [0.1, 0.15) is 16.8 Å². The van der Waals surface area contributed by atoms with Crippen LogP contribution in [0.15, 0.2) is 42.9 Å². The van der Waals surface area contributed by atoms with Gasteiger partial charge < -0.3 is 14.9 Å². The molecule has 2 aromatic heterocycles. The zero-order valence-corrected chi connectivity index (χ0v) is 11.9. The van der Waals surface area contributed by atoms with Gasteiger partial charge in [-0.2, -0.15) is 13.2 Å². The zero-order valence-electron chi connectivity index (χ0n) is 11.9. The van der Waals surface area contributed by atoms with Crippen molar-refractivity contribution in [2.24, 2.45) is 5.73 Å². The van der Waals surface area contributed by atoms with E-state index < -0.39 is 11.7 Å². The second-order valence-corrected chi connectivity index (χ2v) is 4.88. The van der Waals surface area contributed by atoms with Crippen LogP contribution in [-0.4, -0.2) is 14.4 Å². The van der Waals surface area contributed by atoms with E-state index in [1.165, 1.54) is 12.1 Å². The molecule has 2 N–H and O–H groups in total. The predicted octanol–water partition coefficient (Wildman–Crippen LogP) is 2.79. The molecule has 120 valence electrons. The summed E-state index contributed by atoms with van der Waals surface area (Å²) in [7, 11) is 0. The van der Waals surface area contributed by atoms with E-state index in [1.807, 2.05) is 0 Å². The monoisotopic (exact) mass is 322 g/mol. The largest absolute Gasteiger partial charge is 0.470 e. The second-order valence-electron chi connectivity index (χ2n) is 4.88. The van der Waals surface area contributed by atoms with E-state index in [0.29, 0.717) is 16.9 Å². The molecule has 8 heteroatoms. The Balaban J connectivity index is 1.79. The van der Waals surface area contributed by atoms with Gasteiger partial charge in [-0.1, -0.05) is 12.1 Å². The topological polar surface area (TPSA) is 65.4 Å². The quantitative estimate of drug-likeness (QED) is 0.802. The fourth-order valence-electron chi connectivity index (χ4n) is 2.09. The van der Waals surface area contributed by atoms with Crippen molar-refractivity contribution in [2.45, 2.75) is 19.3 Å². The lowest BCUT2D eigenvalue weighted by atomic mass is 10.1. The Morgan fingerprint density at radius 3 is 2.57 bits per heavy atom. The van der Waals surface area contributed by atoms with Crippen molar-refractivity contribution >= 4 is 5.65 Å². The van der Waals surface area contributed by atoms with Crippen LogP contribution in [0, 0.1) is 0 Å². The molecule has 2 heterocycles. The molecule has 5 nitrogen and oxygen atoms in total. The van der Waals surface area contributed by atoms with Crippen molar-refractivity contribution in [3.05, 3.63) is 59.7 Å². The lowest BCUT2D eigenvalue weighted by Gasteiger charge is -2.10. The van der Waals surface area contributed by atoms with Crippen LogP contribution in [0.3, 0.4) is 0 Å². The second kappa shape index (κ2) is 5.88. The van der Waals surface area contributed by atoms with Crippen LogP contribution < -0.4 is 10.5 Å². The van der Waals surface area contributed by atoms with E-state index >= 15 is 0 Å². The summed E-state index contributed by atoms with van der Waals surface area (Å²) in [5.41, 5.74) is 6.64. The molecule has 0 amide bonds. The average molecular weight is 322 g/mol. The smallest absolute Gasteiger partial charge is 0.416 e. The number of imidazole rings is 1. The molecule has 0 saturated carbocycles. The molecule has 0 radical (unpaired) electrons. The van der Waals surface area contributed by atoms with Gasteiger partial charge in [-0.05, 0) is 17.7 Å². The first kappa shape index (κ1) is 15.3. The van der Waals surface area contributed by atoms with Gasteiger partial charge in [0.1, 0.15) is 6.61 Å². The minimum Gasteiger partial charge on any atom is -0.470 e. The van der Waals surface area contributed by atoms with E-state index in [2.05, 4.69) is 9.97 Å². The fraction of sp³-hybridized carbons (Fsp3) is 0.200. The summed E-state index contributed by atoms with van der Waals surface area (Å²) < 4.78 is 44.9. The first-order chi connectivity index (χ1) is 11.0. The van der Waals surface area contributed by atoms with Crippen LogP contribution >= 0.6 is 0 Å². The lowest BCUT2D eigenvalue weighted by molar-refractivity contribution is -0.137. The number of fused-ring (bicyclic) bond motifs is 1. The Morgan fingerprint density at radius 1 is 1.17 bits per heavy atom. The molecule has 0 bridgehead atoms. The summed E-state index contributed by atoms with van der Waals surface area (Å²) >= 11 is 0. The van der Waals surface area contributed by atoms with Crippen LogP contribution in [-0.2, 0) is 19.3 Å². The van der Waals surface area contributed by atoms with Crippen LogP contribution in [0.25, 0.3) is 5.65 Å². The Morgan fingerprint density at radius 2 is 1.91 bits per heavy atom. The number of nitrogens with zero attached hydrogens (tertiary/aromatic N) is 3. The third kappa shape index (κ3) is 3.26. The van der Waals surface area contributed by atoms with Gasteiger partial charge in [-0.25, -0.2) is 9.97 Å². The number of hydrogen-bond acceptors (Lipinski definition) is 4. The highest BCUT2D eigenvalue weighted by molar-refractivity contribution is 5.49. The number of benzene rings is 1. The van der Waals surface area contributed by atoms with Crippen LogP contribution in [0.5, 0.6) is 5.88 Å². The molecular formula is C15H13F3N4O. The summed E-state index contributed by atoms with van der Waals surface area (Å²) in [5, 5.41) is 0. The van der Waals surface area contributed by atoms with E-state index in [9.17, 15) is 13.2 Å². The normalized spacial score (nSPS) is 11.8. The Labute approximate surface area is 129 Å². The number of rotatable bonds is 4. The molecular weight excluding hydrogens is 309 g/mol. The summed E-state index contributed by atoms with van der Waals surface area (Å²) in [5.74, 6) is 0.290. The third-order valence-electron chi connectivity index (χ3n) is 3.26. The SMILES string of the molecule is NCc1cn2ccnc2c(OCc2ccc(C(F)(F)F)cc2)n1. The Bertz CT molecular complexity index is 812. The minimum atomic E-state index is -4.35. The van der Waals surface area contributed by atoms with Gasteiger partial charge in [-0.15, -0.1) is 0 Å². The molecule has 0 unspecified atom stereocenters. The standard InChI is InChI=1S/C15H13F3N4O/c16-15(17,18)11-3-1-10(2-4-11)9-23-14-13-20-5-6-22(13)8-12(7-19)21-14/h1-6,8H,7,9,19H2. The highest BCUT2D eigenvalue weighted by Crippen LogP contribution is 2.29. The van der Waals surface area contributed by atoms with Crippen molar-refractivity contribution < 1.29 is 17.9 Å². The highest BCUT2D eigenvalue weighted by Gasteiger charge is 2.29. The van der Waals surface area contributed by atoms with Gasteiger partial charge in [0.25, 0.3) is 5.88 Å². The van der Waals surface area contributed by atoms with Crippen molar-refractivity contribution in [2.75, 3.05) is 0 Å². The fourth-order valence-corrected chi connectivity index (χ4v) is 2.09. The molecule has 23 heavy (non-hydrogen) atoms. The summed E-state index contributed by atoms with van der Waals surface area (Å²) in [6.45, 7) is 0.326. The van der Waals surface area contributed by atoms with Crippen molar-refractivity contribution in [1.29, 1.82) is 0 Å². The van der Waals surface area contributed by atoms with E-state index in [4.69, 9.17) is 10.5 Å².